The highest BCUT2D eigenvalue weighted by molar-refractivity contribution is 5.76. The quantitative estimate of drug-likeness (QED) is 0.0320. The molecule has 0 spiro atoms. The highest BCUT2D eigenvalue weighted by Gasteiger charge is 2.18. The van der Waals surface area contributed by atoms with E-state index in [2.05, 4.69) is 31.3 Å². The molecule has 0 heterocycles. The van der Waals surface area contributed by atoms with Gasteiger partial charge in [0.25, 0.3) is 0 Å². The molecule has 0 saturated carbocycles. The fourth-order valence-corrected chi connectivity index (χ4v) is 11.3. The summed E-state index contributed by atoms with van der Waals surface area (Å²) in [6.07, 6.45) is 85.4. The summed E-state index contributed by atoms with van der Waals surface area (Å²) >= 11 is 0. The van der Waals surface area contributed by atoms with Crippen LogP contribution in [-0.4, -0.2) is 47.4 Å². The third kappa shape index (κ3) is 63.5. The molecule has 0 bridgehead atoms. The monoisotopic (exact) mass is 1100 g/mol. The van der Waals surface area contributed by atoms with Crippen LogP contribution in [-0.2, 0) is 14.3 Å². The summed E-state index contributed by atoms with van der Waals surface area (Å²) in [4.78, 5) is 24.6. The van der Waals surface area contributed by atoms with Crippen molar-refractivity contribution in [1.29, 1.82) is 0 Å². The Hall–Kier alpha value is -1.66. The van der Waals surface area contributed by atoms with Crippen molar-refractivity contribution >= 4 is 11.9 Å². The van der Waals surface area contributed by atoms with Gasteiger partial charge in [0, 0.05) is 12.8 Å². The summed E-state index contributed by atoms with van der Waals surface area (Å²) in [6, 6.07) is -0.628. The second-order valence-electron chi connectivity index (χ2n) is 24.6. The van der Waals surface area contributed by atoms with Gasteiger partial charge in [0.2, 0.25) is 5.91 Å². The first-order valence-corrected chi connectivity index (χ1v) is 35.6. The van der Waals surface area contributed by atoms with Crippen LogP contribution in [0.3, 0.4) is 0 Å². The van der Waals surface area contributed by atoms with Crippen LogP contribution < -0.4 is 5.32 Å². The Morgan fingerprint density at radius 2 is 0.603 bits per heavy atom. The zero-order valence-corrected chi connectivity index (χ0v) is 52.9. The first kappa shape index (κ1) is 76.3. The molecule has 0 aliphatic rings. The number of carbonyl (C=O) groups is 2. The van der Waals surface area contributed by atoms with Gasteiger partial charge in [0.05, 0.1) is 25.4 Å². The van der Waals surface area contributed by atoms with Crippen molar-refractivity contribution in [3.8, 4) is 0 Å². The zero-order chi connectivity index (χ0) is 56.4. The van der Waals surface area contributed by atoms with Gasteiger partial charge >= 0.3 is 5.97 Å². The van der Waals surface area contributed by atoms with E-state index in [-0.39, 0.29) is 18.5 Å². The first-order chi connectivity index (χ1) is 38.5. The van der Waals surface area contributed by atoms with Crippen molar-refractivity contribution in [1.82, 2.24) is 5.32 Å². The van der Waals surface area contributed by atoms with E-state index in [0.29, 0.717) is 19.4 Å². The Bertz CT molecular complexity index is 1220. The smallest absolute Gasteiger partial charge is 0.305 e. The maximum absolute atomic E-state index is 12.5. The van der Waals surface area contributed by atoms with Crippen molar-refractivity contribution in [2.24, 2.45) is 0 Å². The lowest BCUT2D eigenvalue weighted by Crippen LogP contribution is -2.45. The number of ether oxygens (including phenoxy) is 1. The number of rotatable bonds is 67. The molecule has 0 aromatic carbocycles. The third-order valence-electron chi connectivity index (χ3n) is 16.7. The second-order valence-corrected chi connectivity index (χ2v) is 24.6. The molecule has 3 N–H and O–H groups in total. The van der Waals surface area contributed by atoms with Crippen LogP contribution in [0.4, 0.5) is 0 Å². The van der Waals surface area contributed by atoms with Crippen molar-refractivity contribution in [3.05, 3.63) is 24.3 Å². The van der Waals surface area contributed by atoms with Crippen LogP contribution in [0.2, 0.25) is 0 Å². The number of unbranched alkanes of at least 4 members (excludes halogenated alkanes) is 54. The number of esters is 1. The predicted octanol–water partition coefficient (Wildman–Crippen LogP) is 22.9. The Morgan fingerprint density at radius 1 is 0.346 bits per heavy atom. The number of carbonyl (C=O) groups excluding carboxylic acids is 2. The molecule has 0 saturated heterocycles. The number of amides is 1. The number of aliphatic hydroxyl groups excluding tert-OH is 2. The summed E-state index contributed by atoms with van der Waals surface area (Å²) in [7, 11) is 0. The molecule has 0 aromatic heterocycles. The largest absolute Gasteiger partial charge is 0.466 e. The molecule has 6 heteroatoms. The van der Waals surface area contributed by atoms with Crippen LogP contribution in [0.5, 0.6) is 0 Å². The molecule has 6 nitrogen and oxygen atoms in total. The Balaban J connectivity index is 3.39. The summed E-state index contributed by atoms with van der Waals surface area (Å²) in [5, 5.41) is 23.3. The molecule has 462 valence electrons. The van der Waals surface area contributed by atoms with E-state index in [1.165, 1.54) is 327 Å². The van der Waals surface area contributed by atoms with Gasteiger partial charge in [-0.05, 0) is 57.8 Å². The topological polar surface area (TPSA) is 95.9 Å². The minimum absolute atomic E-state index is 0.00745. The van der Waals surface area contributed by atoms with Crippen LogP contribution >= 0.6 is 0 Å². The van der Waals surface area contributed by atoms with E-state index in [1.807, 2.05) is 6.08 Å². The van der Waals surface area contributed by atoms with E-state index in [4.69, 9.17) is 4.74 Å². The van der Waals surface area contributed by atoms with E-state index < -0.39 is 12.1 Å². The predicted molar refractivity (Wildman–Crippen MR) is 343 cm³/mol. The van der Waals surface area contributed by atoms with Gasteiger partial charge in [0.15, 0.2) is 0 Å². The lowest BCUT2D eigenvalue weighted by Gasteiger charge is -2.20. The first-order valence-electron chi connectivity index (χ1n) is 35.6. The normalized spacial score (nSPS) is 12.6. The molecule has 0 fully saturated rings. The van der Waals surface area contributed by atoms with Crippen molar-refractivity contribution < 1.29 is 24.5 Å². The van der Waals surface area contributed by atoms with Crippen molar-refractivity contribution in [2.75, 3.05) is 13.2 Å². The molecule has 0 aliphatic heterocycles. The van der Waals surface area contributed by atoms with Crippen LogP contribution in [0.1, 0.15) is 399 Å². The van der Waals surface area contributed by atoms with Gasteiger partial charge in [-0.1, -0.05) is 353 Å². The summed E-state index contributed by atoms with van der Waals surface area (Å²) < 4.78 is 5.48. The second kappa shape index (κ2) is 67.8. The number of aliphatic hydroxyl groups is 2. The summed E-state index contributed by atoms with van der Waals surface area (Å²) in [5.41, 5.74) is 0. The summed E-state index contributed by atoms with van der Waals surface area (Å²) in [5.74, 6) is -0.0544. The van der Waals surface area contributed by atoms with Gasteiger partial charge < -0.3 is 20.3 Å². The lowest BCUT2D eigenvalue weighted by atomic mass is 10.0. The van der Waals surface area contributed by atoms with Crippen molar-refractivity contribution in [2.45, 2.75) is 411 Å². The molecular weight excluding hydrogens is 959 g/mol. The Labute approximate surface area is 488 Å². The highest BCUT2D eigenvalue weighted by atomic mass is 16.5. The van der Waals surface area contributed by atoms with Crippen molar-refractivity contribution in [3.63, 3.8) is 0 Å². The minimum Gasteiger partial charge on any atom is -0.466 e. The zero-order valence-electron chi connectivity index (χ0n) is 52.9. The minimum atomic E-state index is -0.844. The number of hydrogen-bond donors (Lipinski definition) is 3. The molecule has 0 radical (unpaired) electrons. The van der Waals surface area contributed by atoms with Crippen LogP contribution in [0.25, 0.3) is 0 Å². The number of nitrogens with one attached hydrogen (secondary N) is 1. The third-order valence-corrected chi connectivity index (χ3v) is 16.7. The lowest BCUT2D eigenvalue weighted by molar-refractivity contribution is -0.143. The number of hydrogen-bond acceptors (Lipinski definition) is 5. The molecule has 2 unspecified atom stereocenters. The van der Waals surface area contributed by atoms with E-state index in [1.54, 1.807) is 6.08 Å². The molecular formula is C72H139NO5. The molecule has 2 atom stereocenters. The molecule has 0 aromatic rings. The van der Waals surface area contributed by atoms with Gasteiger partial charge in [-0.15, -0.1) is 0 Å². The van der Waals surface area contributed by atoms with Gasteiger partial charge in [-0.25, -0.2) is 0 Å². The standard InChI is InChI=1S/C72H139NO5/c1-3-5-7-9-11-13-15-17-18-19-20-21-25-28-31-34-37-41-44-48-52-56-60-64-70(75)69(68-74)73-71(76)65-61-57-53-49-45-42-38-35-32-29-26-23-22-24-27-30-33-36-39-43-47-51-55-59-63-67-78-72(77)66-62-58-54-50-46-40-16-14-12-10-8-6-4-2/h14,16,60,64,69-70,74-75H,3-13,15,17-59,61-63,65-68H2,1-2H3,(H,73,76)/b16-14-,64-60+. The Kier molecular flexibility index (Phi) is 66.4. The van der Waals surface area contributed by atoms with E-state index in [9.17, 15) is 19.8 Å². The fraction of sp³-hybridized carbons (Fsp3) is 0.917. The maximum Gasteiger partial charge on any atom is 0.305 e. The average molecular weight is 1100 g/mol. The molecule has 1 amide bonds. The highest BCUT2D eigenvalue weighted by Crippen LogP contribution is 2.19. The average Bonchev–Trinajstić information content (AvgIpc) is 3.44. The molecule has 78 heavy (non-hydrogen) atoms. The SMILES string of the molecule is CCCCCC/C=C\CCCCCCCC(=O)OCCCCCCCCCCCCCCCCCCCCCCCCCCCC(=O)NC(CO)C(O)/C=C/CCCCCCCCCCCCCCCCCCCCCCC. The van der Waals surface area contributed by atoms with Gasteiger partial charge in [-0.2, -0.15) is 0 Å². The fourth-order valence-electron chi connectivity index (χ4n) is 11.3. The Morgan fingerprint density at radius 3 is 0.923 bits per heavy atom. The van der Waals surface area contributed by atoms with E-state index >= 15 is 0 Å². The van der Waals surface area contributed by atoms with Crippen LogP contribution in [0.15, 0.2) is 24.3 Å². The van der Waals surface area contributed by atoms with Gasteiger partial charge in [0.1, 0.15) is 0 Å². The van der Waals surface area contributed by atoms with E-state index in [0.717, 1.165) is 44.9 Å². The number of allylic oxidation sites excluding steroid dienone is 3. The van der Waals surface area contributed by atoms with Gasteiger partial charge in [-0.3, -0.25) is 9.59 Å². The maximum atomic E-state index is 12.5. The molecule has 0 rings (SSSR count). The van der Waals surface area contributed by atoms with Crippen LogP contribution in [0, 0.1) is 0 Å². The molecule has 0 aliphatic carbocycles. The summed E-state index contributed by atoms with van der Waals surface area (Å²) in [6.45, 7) is 4.93.